The zero-order valence-electron chi connectivity index (χ0n) is 17.1. The molecule has 0 N–H and O–H groups in total. The van der Waals surface area contributed by atoms with E-state index in [1.807, 2.05) is 6.92 Å². The number of fused-ring (bicyclic) bond motifs is 2. The monoisotopic (exact) mass is 422 g/mol. The summed E-state index contributed by atoms with van der Waals surface area (Å²) in [5.41, 5.74) is 1.94. The van der Waals surface area contributed by atoms with Crippen LogP contribution in [0.5, 0.6) is 11.5 Å². The molecule has 2 nitrogen and oxygen atoms in total. The maximum atomic E-state index is 15.3. The molecule has 2 aliphatic rings. The molecule has 30 heavy (non-hydrogen) atoms. The van der Waals surface area contributed by atoms with Crippen LogP contribution >= 0.6 is 0 Å². The molecule has 2 unspecified atom stereocenters. The van der Waals surface area contributed by atoms with E-state index in [1.54, 1.807) is 18.2 Å². The zero-order chi connectivity index (χ0) is 21.3. The van der Waals surface area contributed by atoms with Crippen LogP contribution in [0.25, 0.3) is 0 Å². The predicted octanol–water partition coefficient (Wildman–Crippen LogP) is 6.77. The highest BCUT2D eigenvalue weighted by Crippen LogP contribution is 2.44. The third-order valence-corrected chi connectivity index (χ3v) is 6.10. The first-order valence-electron chi connectivity index (χ1n) is 10.7. The molecule has 2 aromatic carbocycles. The fraction of sp³-hybridized carbons (Fsp3) is 0.500. The van der Waals surface area contributed by atoms with Gasteiger partial charge in [0.15, 0.2) is 23.1 Å². The van der Waals surface area contributed by atoms with Crippen LogP contribution in [-0.2, 0) is 17.6 Å². The molecule has 2 heterocycles. The minimum Gasteiger partial charge on any atom is -0.450 e. The maximum Gasteiger partial charge on any atom is 0.201 e. The minimum atomic E-state index is -1.05. The zero-order valence-corrected chi connectivity index (χ0v) is 17.1. The van der Waals surface area contributed by atoms with Gasteiger partial charge < -0.3 is 9.47 Å². The number of aryl methyl sites for hydroxylation is 1. The molecule has 0 bridgehead atoms. The van der Waals surface area contributed by atoms with E-state index >= 15 is 4.39 Å². The largest absolute Gasteiger partial charge is 0.450 e. The predicted molar refractivity (Wildman–Crippen MR) is 107 cm³/mol. The molecule has 0 amide bonds. The second-order valence-corrected chi connectivity index (χ2v) is 8.20. The lowest BCUT2D eigenvalue weighted by atomic mass is 9.88. The van der Waals surface area contributed by atoms with Gasteiger partial charge in [0.25, 0.3) is 0 Å². The van der Waals surface area contributed by atoms with Gasteiger partial charge >= 0.3 is 0 Å². The Morgan fingerprint density at radius 1 is 1.00 bits per heavy atom. The summed E-state index contributed by atoms with van der Waals surface area (Å²) in [7, 11) is 0. The maximum absolute atomic E-state index is 15.3. The van der Waals surface area contributed by atoms with Crippen molar-refractivity contribution >= 4 is 0 Å². The molecular weight excluding hydrogens is 396 g/mol. The average molecular weight is 422 g/mol. The summed E-state index contributed by atoms with van der Waals surface area (Å²) in [6.07, 6.45) is 4.04. The van der Waals surface area contributed by atoms with Gasteiger partial charge in [-0.25, -0.2) is 8.78 Å². The molecule has 2 aliphatic heterocycles. The molecule has 0 aromatic heterocycles. The highest BCUT2D eigenvalue weighted by molar-refractivity contribution is 5.54. The standard InChI is InChI=1S/C24H26F4O2/c1-2-4-14-11-17-12-15-7-9-19(16-6-8-18(29-13-16)5-3-10-25)21(27)23(15)30-24(17)22(28)20(14)26/h7,9,11,16,18H,2-6,8,10,12-13H2,1H3. The van der Waals surface area contributed by atoms with Gasteiger partial charge in [0.05, 0.1) is 19.4 Å². The smallest absolute Gasteiger partial charge is 0.201 e. The van der Waals surface area contributed by atoms with Gasteiger partial charge in [-0.05, 0) is 49.3 Å². The van der Waals surface area contributed by atoms with Crippen LogP contribution in [0.15, 0.2) is 18.2 Å². The molecular formula is C24H26F4O2. The summed E-state index contributed by atoms with van der Waals surface area (Å²) in [6.45, 7) is 1.89. The molecule has 2 atom stereocenters. The van der Waals surface area contributed by atoms with Gasteiger partial charge in [-0.15, -0.1) is 0 Å². The lowest BCUT2D eigenvalue weighted by Crippen LogP contribution is -2.25. The number of hydrogen-bond donors (Lipinski definition) is 0. The lowest BCUT2D eigenvalue weighted by Gasteiger charge is -2.30. The van der Waals surface area contributed by atoms with Crippen LogP contribution in [0, 0.1) is 17.5 Å². The second-order valence-electron chi connectivity index (χ2n) is 8.20. The number of ether oxygens (including phenoxy) is 2. The molecule has 0 spiro atoms. The first kappa shape index (κ1) is 21.2. The topological polar surface area (TPSA) is 18.5 Å². The quantitative estimate of drug-likeness (QED) is 0.408. The van der Waals surface area contributed by atoms with E-state index in [2.05, 4.69) is 0 Å². The normalized spacial score (nSPS) is 20.4. The van der Waals surface area contributed by atoms with Crippen LogP contribution < -0.4 is 4.74 Å². The third kappa shape index (κ3) is 3.94. The van der Waals surface area contributed by atoms with Gasteiger partial charge in [0.1, 0.15) is 0 Å². The van der Waals surface area contributed by atoms with Gasteiger partial charge in [-0.3, -0.25) is 4.39 Å². The summed E-state index contributed by atoms with van der Waals surface area (Å²) < 4.78 is 68.0. The Labute approximate surface area is 174 Å². The van der Waals surface area contributed by atoms with Gasteiger partial charge in [0.2, 0.25) is 5.82 Å². The van der Waals surface area contributed by atoms with E-state index in [9.17, 15) is 13.2 Å². The molecule has 162 valence electrons. The Kier molecular flexibility index (Phi) is 6.32. The van der Waals surface area contributed by atoms with Crippen LogP contribution in [0.4, 0.5) is 17.6 Å². The molecule has 1 saturated heterocycles. The highest BCUT2D eigenvalue weighted by Gasteiger charge is 2.31. The number of benzene rings is 2. The van der Waals surface area contributed by atoms with Gasteiger partial charge in [-0.1, -0.05) is 25.5 Å². The van der Waals surface area contributed by atoms with E-state index in [0.29, 0.717) is 61.0 Å². The molecule has 2 aromatic rings. The van der Waals surface area contributed by atoms with Crippen molar-refractivity contribution in [2.75, 3.05) is 13.3 Å². The van der Waals surface area contributed by atoms with Crippen LogP contribution in [-0.4, -0.2) is 19.4 Å². The Bertz CT molecular complexity index is 920. The van der Waals surface area contributed by atoms with Crippen LogP contribution in [0.3, 0.4) is 0 Å². The first-order chi connectivity index (χ1) is 14.5. The summed E-state index contributed by atoms with van der Waals surface area (Å²) in [4.78, 5) is 0. The highest BCUT2D eigenvalue weighted by atomic mass is 19.2. The van der Waals surface area contributed by atoms with E-state index < -0.39 is 17.5 Å². The van der Waals surface area contributed by atoms with Crippen molar-refractivity contribution in [2.45, 2.75) is 63.9 Å². The number of hydrogen-bond acceptors (Lipinski definition) is 2. The fourth-order valence-electron chi connectivity index (χ4n) is 4.48. The lowest BCUT2D eigenvalue weighted by molar-refractivity contribution is -0.00327. The number of rotatable bonds is 6. The second kappa shape index (κ2) is 8.96. The van der Waals surface area contributed by atoms with Gasteiger partial charge in [0, 0.05) is 23.5 Å². The molecule has 6 heteroatoms. The van der Waals surface area contributed by atoms with E-state index in [4.69, 9.17) is 9.47 Å². The summed E-state index contributed by atoms with van der Waals surface area (Å²) in [6, 6.07) is 5.16. The van der Waals surface area contributed by atoms with Crippen LogP contribution in [0.2, 0.25) is 0 Å². The van der Waals surface area contributed by atoms with E-state index in [1.165, 1.54) is 0 Å². The molecule has 0 saturated carbocycles. The Hall–Kier alpha value is -2.08. The van der Waals surface area contributed by atoms with Crippen molar-refractivity contribution in [3.05, 3.63) is 57.9 Å². The Balaban J connectivity index is 1.57. The van der Waals surface area contributed by atoms with Crippen molar-refractivity contribution in [1.82, 2.24) is 0 Å². The molecule has 0 aliphatic carbocycles. The molecule has 1 fully saturated rings. The van der Waals surface area contributed by atoms with Crippen molar-refractivity contribution in [1.29, 1.82) is 0 Å². The average Bonchev–Trinajstić information content (AvgIpc) is 2.76. The molecule has 0 radical (unpaired) electrons. The van der Waals surface area contributed by atoms with Crippen LogP contribution in [0.1, 0.15) is 67.2 Å². The summed E-state index contributed by atoms with van der Waals surface area (Å²) in [5, 5.41) is 0. The number of alkyl halides is 1. The third-order valence-electron chi connectivity index (χ3n) is 6.10. The van der Waals surface area contributed by atoms with Crippen molar-refractivity contribution in [3.8, 4) is 11.5 Å². The Morgan fingerprint density at radius 2 is 1.80 bits per heavy atom. The number of halogens is 4. The van der Waals surface area contributed by atoms with E-state index in [0.717, 1.165) is 12.8 Å². The van der Waals surface area contributed by atoms with Gasteiger partial charge in [-0.2, -0.15) is 4.39 Å². The summed E-state index contributed by atoms with van der Waals surface area (Å²) in [5.74, 6) is -2.90. The minimum absolute atomic E-state index is 0.00945. The SMILES string of the molecule is CCCc1cc2c(c(F)c1F)Oc1c(ccc(C3CCC(CCCF)OC3)c1F)C2. The van der Waals surface area contributed by atoms with E-state index in [-0.39, 0.29) is 30.2 Å². The van der Waals surface area contributed by atoms with Crippen molar-refractivity contribution < 1.29 is 27.0 Å². The first-order valence-corrected chi connectivity index (χ1v) is 10.7. The Morgan fingerprint density at radius 3 is 2.50 bits per heavy atom. The fourth-order valence-corrected chi connectivity index (χ4v) is 4.48. The summed E-state index contributed by atoms with van der Waals surface area (Å²) >= 11 is 0. The van der Waals surface area contributed by atoms with Crippen molar-refractivity contribution in [2.24, 2.45) is 0 Å². The van der Waals surface area contributed by atoms with Crippen molar-refractivity contribution in [3.63, 3.8) is 0 Å². The molecule has 4 rings (SSSR count).